The molecule has 1 heterocycles. The highest BCUT2D eigenvalue weighted by Crippen LogP contribution is 2.28. The van der Waals surface area contributed by atoms with Crippen LogP contribution < -0.4 is 5.73 Å². The van der Waals surface area contributed by atoms with Crippen LogP contribution in [0.25, 0.3) is 10.9 Å². The molecule has 3 aromatic rings. The predicted molar refractivity (Wildman–Crippen MR) is 86.9 cm³/mol. The molecule has 0 aliphatic rings. The molecule has 0 saturated heterocycles. The lowest BCUT2D eigenvalue weighted by atomic mass is 10.1. The van der Waals surface area contributed by atoms with Gasteiger partial charge >= 0.3 is 0 Å². The van der Waals surface area contributed by atoms with E-state index in [1.165, 1.54) is 6.07 Å². The number of hydrogen-bond donors (Lipinski definition) is 1. The summed E-state index contributed by atoms with van der Waals surface area (Å²) in [7, 11) is 0. The molecule has 0 saturated carbocycles. The Bertz CT molecular complexity index is 802. The summed E-state index contributed by atoms with van der Waals surface area (Å²) in [4.78, 5) is 5.49. The molecule has 2 aromatic carbocycles. The van der Waals surface area contributed by atoms with Gasteiger partial charge in [-0.15, -0.1) is 11.8 Å². The maximum atomic E-state index is 13.7. The van der Waals surface area contributed by atoms with Gasteiger partial charge in [-0.1, -0.05) is 6.07 Å². The second kappa shape index (κ2) is 5.74. The highest BCUT2D eigenvalue weighted by Gasteiger charge is 2.06. The lowest BCUT2D eigenvalue weighted by Crippen LogP contribution is -1.91. The number of nitrogens with zero attached hydrogens (tertiary/aromatic N) is 1. The molecule has 0 amide bonds. The van der Waals surface area contributed by atoms with E-state index in [4.69, 9.17) is 5.73 Å². The third kappa shape index (κ3) is 3.00. The van der Waals surface area contributed by atoms with Crippen molar-refractivity contribution in [3.05, 3.63) is 65.6 Å². The van der Waals surface area contributed by atoms with Crippen LogP contribution in [-0.4, -0.2) is 4.98 Å². The summed E-state index contributed by atoms with van der Waals surface area (Å²) >= 11 is 1.66. The Morgan fingerprint density at radius 2 is 2.05 bits per heavy atom. The standard InChI is InChI=1S/C17H15FN2S/c1-11-7-15(4-5-16(11)19)21-10-13-9-14(18)8-12-3-2-6-20-17(12)13/h2-9H,10,19H2,1H3. The van der Waals surface area contributed by atoms with E-state index in [2.05, 4.69) is 11.1 Å². The average Bonchev–Trinajstić information content (AvgIpc) is 2.48. The van der Waals surface area contributed by atoms with Crippen LogP contribution in [0, 0.1) is 12.7 Å². The fourth-order valence-corrected chi connectivity index (χ4v) is 3.20. The molecule has 0 atom stereocenters. The van der Waals surface area contributed by atoms with Crippen molar-refractivity contribution in [1.82, 2.24) is 4.98 Å². The fraction of sp³-hybridized carbons (Fsp3) is 0.118. The maximum Gasteiger partial charge on any atom is 0.124 e. The van der Waals surface area contributed by atoms with E-state index in [0.717, 1.165) is 32.6 Å². The number of benzene rings is 2. The molecule has 3 rings (SSSR count). The number of pyridine rings is 1. The monoisotopic (exact) mass is 298 g/mol. The topological polar surface area (TPSA) is 38.9 Å². The van der Waals surface area contributed by atoms with Crippen molar-refractivity contribution in [3.63, 3.8) is 0 Å². The minimum absolute atomic E-state index is 0.223. The molecule has 2 N–H and O–H groups in total. The van der Waals surface area contributed by atoms with E-state index in [9.17, 15) is 4.39 Å². The molecule has 106 valence electrons. The smallest absolute Gasteiger partial charge is 0.124 e. The number of anilines is 1. The average molecular weight is 298 g/mol. The second-order valence-electron chi connectivity index (χ2n) is 4.95. The van der Waals surface area contributed by atoms with Gasteiger partial charge in [0.05, 0.1) is 5.52 Å². The van der Waals surface area contributed by atoms with Gasteiger partial charge in [0.15, 0.2) is 0 Å². The maximum absolute atomic E-state index is 13.7. The van der Waals surface area contributed by atoms with Crippen LogP contribution in [0.5, 0.6) is 0 Å². The van der Waals surface area contributed by atoms with Gasteiger partial charge in [0, 0.05) is 27.9 Å². The van der Waals surface area contributed by atoms with Crippen LogP contribution in [0.1, 0.15) is 11.1 Å². The van der Waals surface area contributed by atoms with E-state index in [0.29, 0.717) is 5.75 Å². The minimum Gasteiger partial charge on any atom is -0.399 e. The minimum atomic E-state index is -0.223. The number of aromatic nitrogens is 1. The number of aryl methyl sites for hydroxylation is 1. The largest absolute Gasteiger partial charge is 0.399 e. The molecule has 1 aromatic heterocycles. The first-order chi connectivity index (χ1) is 10.1. The lowest BCUT2D eigenvalue weighted by molar-refractivity contribution is 0.628. The Labute approximate surface area is 127 Å². The van der Waals surface area contributed by atoms with E-state index in [1.54, 1.807) is 24.0 Å². The summed E-state index contributed by atoms with van der Waals surface area (Å²) < 4.78 is 13.7. The molecule has 0 unspecified atom stereocenters. The third-order valence-corrected chi connectivity index (χ3v) is 4.43. The Kier molecular flexibility index (Phi) is 3.80. The predicted octanol–water partition coefficient (Wildman–Crippen LogP) is 4.56. The molecule has 0 fully saturated rings. The molecule has 4 heteroatoms. The van der Waals surface area contributed by atoms with Crippen molar-refractivity contribution < 1.29 is 4.39 Å². The van der Waals surface area contributed by atoms with Crippen molar-refractivity contribution >= 4 is 28.4 Å². The van der Waals surface area contributed by atoms with Crippen LogP contribution >= 0.6 is 11.8 Å². The molecule has 2 nitrogen and oxygen atoms in total. The van der Waals surface area contributed by atoms with E-state index in [-0.39, 0.29) is 5.82 Å². The Morgan fingerprint density at radius 3 is 2.86 bits per heavy atom. The van der Waals surface area contributed by atoms with Gasteiger partial charge in [0.2, 0.25) is 0 Å². The third-order valence-electron chi connectivity index (χ3n) is 3.38. The van der Waals surface area contributed by atoms with Gasteiger partial charge in [-0.3, -0.25) is 4.98 Å². The molecular formula is C17H15FN2S. The summed E-state index contributed by atoms with van der Waals surface area (Å²) in [5.74, 6) is 0.453. The number of nitrogens with two attached hydrogens (primary N) is 1. The summed E-state index contributed by atoms with van der Waals surface area (Å²) in [6.07, 6.45) is 1.74. The highest BCUT2D eigenvalue weighted by atomic mass is 32.2. The lowest BCUT2D eigenvalue weighted by Gasteiger charge is -2.08. The van der Waals surface area contributed by atoms with Gasteiger partial charge in [0.25, 0.3) is 0 Å². The van der Waals surface area contributed by atoms with Crippen molar-refractivity contribution in [2.45, 2.75) is 17.6 Å². The van der Waals surface area contributed by atoms with Crippen molar-refractivity contribution in [3.8, 4) is 0 Å². The number of rotatable bonds is 3. The summed E-state index contributed by atoms with van der Waals surface area (Å²) in [5.41, 5.74) is 9.44. The molecular weight excluding hydrogens is 283 g/mol. The summed E-state index contributed by atoms with van der Waals surface area (Å²) in [6, 6.07) is 12.7. The van der Waals surface area contributed by atoms with Crippen molar-refractivity contribution in [2.75, 3.05) is 5.73 Å². The quantitative estimate of drug-likeness (QED) is 0.569. The van der Waals surface area contributed by atoms with E-state index >= 15 is 0 Å². The second-order valence-corrected chi connectivity index (χ2v) is 6.00. The first-order valence-corrected chi connectivity index (χ1v) is 7.64. The van der Waals surface area contributed by atoms with Gasteiger partial charge in [-0.2, -0.15) is 0 Å². The highest BCUT2D eigenvalue weighted by molar-refractivity contribution is 7.98. The van der Waals surface area contributed by atoms with Crippen molar-refractivity contribution in [2.24, 2.45) is 0 Å². The number of nitrogen functional groups attached to an aromatic ring is 1. The molecule has 0 aliphatic carbocycles. The van der Waals surface area contributed by atoms with E-state index < -0.39 is 0 Å². The zero-order valence-corrected chi connectivity index (χ0v) is 12.5. The summed E-state index contributed by atoms with van der Waals surface area (Å²) in [6.45, 7) is 1.98. The molecule has 0 spiro atoms. The normalized spacial score (nSPS) is 11.0. The number of hydrogen-bond acceptors (Lipinski definition) is 3. The fourth-order valence-electron chi connectivity index (χ4n) is 2.24. The first kappa shape index (κ1) is 13.9. The zero-order chi connectivity index (χ0) is 14.8. The molecule has 0 aliphatic heterocycles. The van der Waals surface area contributed by atoms with E-state index in [1.807, 2.05) is 31.2 Å². The van der Waals surface area contributed by atoms with Gasteiger partial charge in [-0.25, -0.2) is 4.39 Å². The number of fused-ring (bicyclic) bond motifs is 1. The molecule has 0 bridgehead atoms. The molecule has 0 radical (unpaired) electrons. The Morgan fingerprint density at radius 1 is 1.19 bits per heavy atom. The Balaban J connectivity index is 1.89. The van der Waals surface area contributed by atoms with Gasteiger partial charge < -0.3 is 5.73 Å². The van der Waals surface area contributed by atoms with Crippen LogP contribution in [0.3, 0.4) is 0 Å². The van der Waals surface area contributed by atoms with Crippen LogP contribution in [0.4, 0.5) is 10.1 Å². The number of halogens is 1. The van der Waals surface area contributed by atoms with Crippen LogP contribution in [0.2, 0.25) is 0 Å². The number of thioether (sulfide) groups is 1. The molecule has 21 heavy (non-hydrogen) atoms. The first-order valence-electron chi connectivity index (χ1n) is 6.65. The Hall–Kier alpha value is -2.07. The van der Waals surface area contributed by atoms with Crippen LogP contribution in [-0.2, 0) is 5.75 Å². The van der Waals surface area contributed by atoms with Crippen molar-refractivity contribution in [1.29, 1.82) is 0 Å². The van der Waals surface area contributed by atoms with Gasteiger partial charge in [0.1, 0.15) is 5.82 Å². The SMILES string of the molecule is Cc1cc(SCc2cc(F)cc3cccnc23)ccc1N. The van der Waals surface area contributed by atoms with Crippen LogP contribution in [0.15, 0.2) is 53.6 Å². The zero-order valence-electron chi connectivity index (χ0n) is 11.6. The van der Waals surface area contributed by atoms with Gasteiger partial charge in [-0.05, 0) is 54.4 Å². The summed E-state index contributed by atoms with van der Waals surface area (Å²) in [5, 5.41) is 0.835.